The van der Waals surface area contributed by atoms with Gasteiger partial charge in [-0.15, -0.1) is 6.58 Å². The number of cyclic esters (lactones) is 1. The highest BCUT2D eigenvalue weighted by molar-refractivity contribution is 5.88. The molecule has 1 saturated carbocycles. The molecule has 0 spiro atoms. The third-order valence-electron chi connectivity index (χ3n) is 13.0. The van der Waals surface area contributed by atoms with E-state index in [1.54, 1.807) is 41.3 Å². The number of ether oxygens (including phenoxy) is 5. The van der Waals surface area contributed by atoms with Gasteiger partial charge in [-0.05, 0) is 95.5 Å². The Kier molecular flexibility index (Phi) is 17.5. The number of ketones is 1. The van der Waals surface area contributed by atoms with Crippen molar-refractivity contribution in [3.8, 4) is 0 Å². The summed E-state index contributed by atoms with van der Waals surface area (Å²) in [5.74, 6) is -5.99. The molecule has 0 aromatic carbocycles. The molecule has 4 rings (SSSR count). The van der Waals surface area contributed by atoms with Gasteiger partial charge in [-0.2, -0.15) is 0 Å². The maximum atomic E-state index is 14.3. The average molecular weight is 806 g/mol. The van der Waals surface area contributed by atoms with E-state index in [1.165, 1.54) is 4.90 Å². The summed E-state index contributed by atoms with van der Waals surface area (Å²) in [5.41, 5.74) is 1.64. The van der Waals surface area contributed by atoms with Gasteiger partial charge in [0.15, 0.2) is 6.10 Å². The van der Waals surface area contributed by atoms with E-state index in [2.05, 4.69) is 13.5 Å². The molecule has 3 fully saturated rings. The zero-order valence-corrected chi connectivity index (χ0v) is 35.5. The van der Waals surface area contributed by atoms with Gasteiger partial charge >= 0.3 is 5.97 Å². The van der Waals surface area contributed by atoms with Crippen LogP contribution in [0.1, 0.15) is 105 Å². The number of allylic oxidation sites excluding steroid dienone is 4. The van der Waals surface area contributed by atoms with Crippen LogP contribution in [0.25, 0.3) is 0 Å². The standard InChI is InChI=1S/C44H71NO12/c1-10-13-31-19-25(2)18-26(3)20-37(54-8)40-38(55-9)22-28(5)44(52,57-40)41(49)42(50)45-17-12-11-14-32(45)43(51)56-39(29(6)34(47)24-35(31)48)27(4)21-30-15-16-33(46)36(23-30)53-7/h10,19,21,26,28-34,36-41,46-47,49,52H,1,11-18,20,22-24H2,2-9H3/b25-19+,27-21+/t26?,28-,29-,30+,31-,32?,33-,34+,36-,37+,38?,39-,40?,41?,44-/m1/s1. The predicted octanol–water partition coefficient (Wildman–Crippen LogP) is 4.43. The van der Waals surface area contributed by atoms with Gasteiger partial charge in [0.25, 0.3) is 5.91 Å². The zero-order chi connectivity index (χ0) is 42.2. The Bertz CT molecular complexity index is 1430. The monoisotopic (exact) mass is 805 g/mol. The lowest BCUT2D eigenvalue weighted by atomic mass is 9.81. The molecule has 324 valence electrons. The van der Waals surface area contributed by atoms with Crippen molar-refractivity contribution < 1.29 is 58.5 Å². The first-order valence-corrected chi connectivity index (χ1v) is 21.0. The number of nitrogens with zero attached hydrogens (tertiary/aromatic N) is 1. The van der Waals surface area contributed by atoms with Crippen LogP contribution in [-0.4, -0.2) is 132 Å². The van der Waals surface area contributed by atoms with Crippen molar-refractivity contribution in [3.05, 3.63) is 36.0 Å². The van der Waals surface area contributed by atoms with Crippen molar-refractivity contribution in [2.75, 3.05) is 27.9 Å². The summed E-state index contributed by atoms with van der Waals surface area (Å²) >= 11 is 0. The number of Topliss-reactive ketones (excluding diaryl/α,β-unsaturated/α-hetero) is 1. The van der Waals surface area contributed by atoms with Crippen molar-refractivity contribution in [2.24, 2.45) is 29.6 Å². The Morgan fingerprint density at radius 1 is 0.930 bits per heavy atom. The minimum Gasteiger partial charge on any atom is -0.456 e. The molecule has 13 heteroatoms. The summed E-state index contributed by atoms with van der Waals surface area (Å²) in [6.45, 7) is 13.3. The number of aliphatic hydroxyl groups excluding tert-OH is 3. The van der Waals surface area contributed by atoms with Crippen molar-refractivity contribution in [3.63, 3.8) is 0 Å². The molecule has 4 N–H and O–H groups in total. The second-order valence-electron chi connectivity index (χ2n) is 17.4. The Hall–Kier alpha value is -2.49. The van der Waals surface area contributed by atoms with Crippen LogP contribution in [0.15, 0.2) is 36.0 Å². The molecule has 1 amide bonds. The third kappa shape index (κ3) is 11.4. The first-order valence-electron chi connectivity index (χ1n) is 21.0. The zero-order valence-electron chi connectivity index (χ0n) is 35.5. The topological polar surface area (TPSA) is 182 Å². The summed E-state index contributed by atoms with van der Waals surface area (Å²) in [6, 6.07) is -1.08. The van der Waals surface area contributed by atoms with Crippen LogP contribution < -0.4 is 0 Å². The van der Waals surface area contributed by atoms with Crippen LogP contribution in [0.5, 0.6) is 0 Å². The van der Waals surface area contributed by atoms with Gasteiger partial charge in [0.2, 0.25) is 5.79 Å². The number of rotatable bonds is 7. The molecule has 4 aliphatic rings. The quantitative estimate of drug-likeness (QED) is 0.210. The van der Waals surface area contributed by atoms with E-state index >= 15 is 0 Å². The lowest BCUT2D eigenvalue weighted by molar-refractivity contribution is -0.346. The van der Waals surface area contributed by atoms with E-state index in [-0.39, 0.29) is 49.5 Å². The van der Waals surface area contributed by atoms with Crippen LogP contribution in [-0.2, 0) is 38.1 Å². The molecular weight excluding hydrogens is 734 g/mol. The summed E-state index contributed by atoms with van der Waals surface area (Å²) in [6.07, 6.45) is 3.39. The van der Waals surface area contributed by atoms with E-state index in [0.717, 1.165) is 5.57 Å². The first kappa shape index (κ1) is 47.2. The van der Waals surface area contributed by atoms with Crippen molar-refractivity contribution in [1.29, 1.82) is 0 Å². The summed E-state index contributed by atoms with van der Waals surface area (Å²) < 4.78 is 29.9. The predicted molar refractivity (Wildman–Crippen MR) is 214 cm³/mol. The summed E-state index contributed by atoms with van der Waals surface area (Å²) in [5, 5.41) is 46.0. The minimum atomic E-state index is -2.32. The molecule has 5 unspecified atom stereocenters. The SMILES string of the molecule is C=CC[C@@H]1/C=C(\C)CC(C)C[C@H](OC)C2O[C@@](O)(C(O)C(=O)N3CCCCC3C(=O)O[C@H](/C(C)=C/[C@@H]3CC[C@@H](O)[C@H](OC)C3)[C@H](C)[C@@H](O)CC1=O)[C@H](C)CC2OC. The Morgan fingerprint density at radius 2 is 1.60 bits per heavy atom. The number of carbonyl (C=O) groups excluding carboxylic acids is 3. The van der Waals surface area contributed by atoms with E-state index in [1.807, 2.05) is 26.0 Å². The molecule has 13 nitrogen and oxygen atoms in total. The molecule has 0 radical (unpaired) electrons. The van der Waals surface area contributed by atoms with Gasteiger partial charge in [0.05, 0.1) is 30.5 Å². The van der Waals surface area contributed by atoms with Crippen LogP contribution in [0.2, 0.25) is 0 Å². The van der Waals surface area contributed by atoms with Gasteiger partial charge < -0.3 is 49.0 Å². The lowest BCUT2D eigenvalue weighted by Crippen LogP contribution is -2.66. The highest BCUT2D eigenvalue weighted by atomic mass is 16.7. The van der Waals surface area contributed by atoms with Gasteiger partial charge in [-0.1, -0.05) is 44.6 Å². The number of amides is 1. The largest absolute Gasteiger partial charge is 0.456 e. The number of aliphatic hydroxyl groups is 4. The second kappa shape index (κ2) is 21.2. The fraction of sp³-hybridized carbons (Fsp3) is 0.795. The first-order chi connectivity index (χ1) is 27.0. The van der Waals surface area contributed by atoms with E-state index in [4.69, 9.17) is 23.7 Å². The van der Waals surface area contributed by atoms with Crippen LogP contribution >= 0.6 is 0 Å². The van der Waals surface area contributed by atoms with E-state index in [9.17, 15) is 34.8 Å². The van der Waals surface area contributed by atoms with E-state index in [0.29, 0.717) is 56.9 Å². The Labute approximate surface area is 339 Å². The lowest BCUT2D eigenvalue weighted by Gasteiger charge is -2.49. The smallest absolute Gasteiger partial charge is 0.329 e. The van der Waals surface area contributed by atoms with Crippen LogP contribution in [0.3, 0.4) is 0 Å². The normalized spacial score (nSPS) is 42.2. The van der Waals surface area contributed by atoms with Gasteiger partial charge in [-0.3, -0.25) is 9.59 Å². The Morgan fingerprint density at radius 3 is 2.25 bits per heavy atom. The molecule has 2 saturated heterocycles. The van der Waals surface area contributed by atoms with Crippen molar-refractivity contribution in [2.45, 2.75) is 166 Å². The molecule has 3 heterocycles. The van der Waals surface area contributed by atoms with Gasteiger partial charge in [0.1, 0.15) is 24.0 Å². The van der Waals surface area contributed by atoms with Crippen LogP contribution in [0, 0.1) is 29.6 Å². The molecule has 1 aliphatic carbocycles. The number of carbonyl (C=O) groups is 3. The van der Waals surface area contributed by atoms with Gasteiger partial charge in [-0.25, -0.2) is 4.79 Å². The highest BCUT2D eigenvalue weighted by Crippen LogP contribution is 2.40. The maximum Gasteiger partial charge on any atom is 0.329 e. The molecule has 0 aromatic heterocycles. The minimum absolute atomic E-state index is 0.000937. The van der Waals surface area contributed by atoms with Crippen molar-refractivity contribution >= 4 is 17.7 Å². The highest BCUT2D eigenvalue weighted by Gasteiger charge is 2.56. The van der Waals surface area contributed by atoms with Crippen molar-refractivity contribution in [1.82, 2.24) is 4.90 Å². The maximum absolute atomic E-state index is 14.3. The number of hydrogen-bond donors (Lipinski definition) is 4. The third-order valence-corrected chi connectivity index (χ3v) is 13.0. The summed E-state index contributed by atoms with van der Waals surface area (Å²) in [4.78, 5) is 43.8. The molecule has 15 atom stereocenters. The fourth-order valence-electron chi connectivity index (χ4n) is 9.57. The fourth-order valence-corrected chi connectivity index (χ4v) is 9.57. The second-order valence-corrected chi connectivity index (χ2v) is 17.4. The number of esters is 1. The van der Waals surface area contributed by atoms with Gasteiger partial charge in [0, 0.05) is 52.0 Å². The molecule has 0 aromatic rings. The molecule has 57 heavy (non-hydrogen) atoms. The molecule has 2 bridgehead atoms. The number of hydrogen-bond acceptors (Lipinski definition) is 12. The number of fused-ring (bicyclic) bond motifs is 3. The van der Waals surface area contributed by atoms with E-state index < -0.39 is 84.2 Å². The molecular formula is C44H71NO12. The number of methoxy groups -OCH3 is 3. The van der Waals surface area contributed by atoms with Crippen LogP contribution in [0.4, 0.5) is 0 Å². The average Bonchev–Trinajstić information content (AvgIpc) is 3.18. The number of piperidine rings is 1. The summed E-state index contributed by atoms with van der Waals surface area (Å²) in [7, 11) is 4.66. The Balaban J connectivity index is 1.77. The molecule has 3 aliphatic heterocycles.